The van der Waals surface area contributed by atoms with Gasteiger partial charge in [-0.1, -0.05) is 0 Å². The zero-order valence-electron chi connectivity index (χ0n) is 10.1. The number of thiophene rings is 1. The van der Waals surface area contributed by atoms with Crippen molar-refractivity contribution in [3.8, 4) is 0 Å². The van der Waals surface area contributed by atoms with Crippen LogP contribution < -0.4 is 4.72 Å². The molecular weight excluding hydrogens is 335 g/mol. The van der Waals surface area contributed by atoms with Crippen LogP contribution in [0.15, 0.2) is 10.3 Å². The summed E-state index contributed by atoms with van der Waals surface area (Å²) in [7, 11) is -3.94. The van der Waals surface area contributed by atoms with Crippen LogP contribution in [0, 0.1) is 13.8 Å². The highest BCUT2D eigenvalue weighted by atomic mass is 32.2. The monoisotopic (exact) mass is 343 g/mol. The lowest BCUT2D eigenvalue weighted by Gasteiger charge is -2.01. The standard InChI is InChI=1S/C9H8F3N3O2S3/c1-4-3-6(18-5(4)2)20(16,17)15-8-13-7(14-19-8)9(10,11)12/h3H,1-2H3,(H,13,14,15). The van der Waals surface area contributed by atoms with Gasteiger partial charge in [0.25, 0.3) is 10.0 Å². The Morgan fingerprint density at radius 3 is 2.40 bits per heavy atom. The van der Waals surface area contributed by atoms with E-state index < -0.39 is 27.2 Å². The van der Waals surface area contributed by atoms with E-state index in [1.165, 1.54) is 6.07 Å². The van der Waals surface area contributed by atoms with E-state index in [0.717, 1.165) is 21.8 Å². The molecule has 110 valence electrons. The van der Waals surface area contributed by atoms with E-state index in [4.69, 9.17) is 0 Å². The SMILES string of the molecule is Cc1cc(S(=O)(=O)Nc2nc(C(F)(F)F)ns2)sc1C. The summed E-state index contributed by atoms with van der Waals surface area (Å²) in [6.07, 6.45) is -4.70. The van der Waals surface area contributed by atoms with E-state index in [1.54, 1.807) is 13.8 Å². The van der Waals surface area contributed by atoms with Crippen LogP contribution in [-0.4, -0.2) is 17.8 Å². The van der Waals surface area contributed by atoms with Crippen LogP contribution in [-0.2, 0) is 16.2 Å². The van der Waals surface area contributed by atoms with Crippen molar-refractivity contribution in [2.45, 2.75) is 24.2 Å². The van der Waals surface area contributed by atoms with Gasteiger partial charge < -0.3 is 0 Å². The van der Waals surface area contributed by atoms with Gasteiger partial charge in [0.15, 0.2) is 0 Å². The summed E-state index contributed by atoms with van der Waals surface area (Å²) in [5.74, 6) is -1.36. The van der Waals surface area contributed by atoms with Crippen molar-refractivity contribution in [2.24, 2.45) is 0 Å². The summed E-state index contributed by atoms with van der Waals surface area (Å²) in [6, 6.07) is 1.45. The van der Waals surface area contributed by atoms with Gasteiger partial charge in [0.05, 0.1) is 0 Å². The van der Waals surface area contributed by atoms with Gasteiger partial charge in [0, 0.05) is 16.4 Å². The zero-order valence-corrected chi connectivity index (χ0v) is 12.6. The Kier molecular flexibility index (Phi) is 3.77. The van der Waals surface area contributed by atoms with Crippen molar-refractivity contribution in [3.63, 3.8) is 0 Å². The first-order valence-electron chi connectivity index (χ1n) is 5.10. The minimum absolute atomic E-state index is 0.0243. The highest BCUT2D eigenvalue weighted by molar-refractivity contribution is 7.94. The predicted octanol–water partition coefficient (Wildman–Crippen LogP) is 3.04. The molecule has 0 unspecified atom stereocenters. The Morgan fingerprint density at radius 2 is 1.95 bits per heavy atom. The van der Waals surface area contributed by atoms with Crippen molar-refractivity contribution in [3.05, 3.63) is 22.3 Å². The molecular formula is C9H8F3N3O2S3. The summed E-state index contributed by atoms with van der Waals surface area (Å²) in [5, 5.41) is -0.416. The lowest BCUT2D eigenvalue weighted by molar-refractivity contribution is -0.144. The van der Waals surface area contributed by atoms with E-state index >= 15 is 0 Å². The lowest BCUT2D eigenvalue weighted by Crippen LogP contribution is -2.12. The third-order valence-electron chi connectivity index (χ3n) is 2.31. The second-order valence-corrected chi connectivity index (χ2v) is 7.75. The minimum Gasteiger partial charge on any atom is -0.253 e. The first kappa shape index (κ1) is 15.2. The number of nitrogens with one attached hydrogen (secondary N) is 1. The Labute approximate surface area is 120 Å². The first-order valence-corrected chi connectivity index (χ1v) is 8.17. The van der Waals surface area contributed by atoms with Crippen LogP contribution >= 0.6 is 22.9 Å². The molecule has 0 bridgehead atoms. The molecule has 0 saturated carbocycles. The van der Waals surface area contributed by atoms with Gasteiger partial charge in [-0.15, -0.1) is 11.3 Å². The maximum Gasteiger partial charge on any atom is 0.452 e. The van der Waals surface area contributed by atoms with Crippen LogP contribution in [0.4, 0.5) is 18.3 Å². The quantitative estimate of drug-likeness (QED) is 0.930. The number of sulfonamides is 1. The van der Waals surface area contributed by atoms with Crippen LogP contribution in [0.25, 0.3) is 0 Å². The second-order valence-electron chi connectivity index (χ2n) is 3.83. The van der Waals surface area contributed by atoms with Crippen LogP contribution in [0.3, 0.4) is 0 Å². The van der Waals surface area contributed by atoms with E-state index in [0.29, 0.717) is 11.5 Å². The number of nitrogens with zero attached hydrogens (tertiary/aromatic N) is 2. The largest absolute Gasteiger partial charge is 0.452 e. The Bertz CT molecular complexity index is 714. The van der Waals surface area contributed by atoms with Gasteiger partial charge >= 0.3 is 6.18 Å². The number of hydrogen-bond acceptors (Lipinski definition) is 6. The molecule has 0 atom stereocenters. The Balaban J connectivity index is 2.27. The summed E-state index contributed by atoms with van der Waals surface area (Å²) >= 11 is 1.38. The van der Waals surface area contributed by atoms with Gasteiger partial charge in [-0.3, -0.25) is 4.72 Å². The molecule has 2 aromatic heterocycles. The number of aromatic nitrogens is 2. The Morgan fingerprint density at radius 1 is 1.30 bits per heavy atom. The molecule has 1 N–H and O–H groups in total. The average molecular weight is 343 g/mol. The molecule has 2 aromatic rings. The number of anilines is 1. The predicted molar refractivity (Wildman–Crippen MR) is 69.5 cm³/mol. The maximum absolute atomic E-state index is 12.3. The number of hydrogen-bond donors (Lipinski definition) is 1. The number of halogens is 3. The molecule has 0 aliphatic rings. The van der Waals surface area contributed by atoms with Gasteiger partial charge in [-0.2, -0.15) is 22.5 Å². The smallest absolute Gasteiger partial charge is 0.253 e. The third-order valence-corrected chi connectivity index (χ3v) is 6.03. The normalized spacial score (nSPS) is 12.7. The molecule has 2 rings (SSSR count). The maximum atomic E-state index is 12.3. The van der Waals surface area contributed by atoms with Crippen molar-refractivity contribution in [1.82, 2.24) is 9.36 Å². The number of rotatable bonds is 3. The summed E-state index contributed by atoms with van der Waals surface area (Å²) in [4.78, 5) is 3.94. The van der Waals surface area contributed by atoms with E-state index in [1.807, 2.05) is 4.72 Å². The topological polar surface area (TPSA) is 72.0 Å². The van der Waals surface area contributed by atoms with Crippen LogP contribution in [0.2, 0.25) is 0 Å². The van der Waals surface area contributed by atoms with Crippen molar-refractivity contribution < 1.29 is 21.6 Å². The van der Waals surface area contributed by atoms with Gasteiger partial charge in [0.1, 0.15) is 4.21 Å². The van der Waals surface area contributed by atoms with Crippen molar-refractivity contribution in [1.29, 1.82) is 0 Å². The zero-order chi connectivity index (χ0) is 15.1. The molecule has 0 fully saturated rings. The van der Waals surface area contributed by atoms with E-state index in [-0.39, 0.29) is 4.21 Å². The third kappa shape index (κ3) is 3.10. The molecule has 0 radical (unpaired) electrons. The molecule has 0 spiro atoms. The number of alkyl halides is 3. The van der Waals surface area contributed by atoms with Crippen molar-refractivity contribution >= 4 is 38.0 Å². The number of aryl methyl sites for hydroxylation is 2. The molecule has 0 aliphatic heterocycles. The Hall–Kier alpha value is -1.20. The fourth-order valence-electron chi connectivity index (χ4n) is 1.22. The summed E-state index contributed by atoms with van der Waals surface area (Å²) < 4.78 is 66.0. The molecule has 5 nitrogen and oxygen atoms in total. The van der Waals surface area contributed by atoms with Gasteiger partial charge in [0.2, 0.25) is 11.0 Å². The van der Waals surface area contributed by atoms with Gasteiger partial charge in [-0.25, -0.2) is 8.42 Å². The first-order chi connectivity index (χ1) is 9.09. The summed E-state index contributed by atoms with van der Waals surface area (Å²) in [5.41, 5.74) is 0.795. The fourth-order valence-corrected chi connectivity index (χ4v) is 4.54. The molecule has 20 heavy (non-hydrogen) atoms. The highest BCUT2D eigenvalue weighted by Gasteiger charge is 2.36. The molecule has 0 aromatic carbocycles. The van der Waals surface area contributed by atoms with Crippen LogP contribution in [0.1, 0.15) is 16.3 Å². The average Bonchev–Trinajstić information content (AvgIpc) is 2.86. The van der Waals surface area contributed by atoms with Crippen LogP contribution in [0.5, 0.6) is 0 Å². The second kappa shape index (κ2) is 4.97. The minimum atomic E-state index is -4.70. The summed E-state index contributed by atoms with van der Waals surface area (Å²) in [6.45, 7) is 3.50. The van der Waals surface area contributed by atoms with Crippen molar-refractivity contribution in [2.75, 3.05) is 4.72 Å². The fraction of sp³-hybridized carbons (Fsp3) is 0.333. The highest BCUT2D eigenvalue weighted by Crippen LogP contribution is 2.31. The van der Waals surface area contributed by atoms with E-state index in [9.17, 15) is 21.6 Å². The molecule has 0 aliphatic carbocycles. The lowest BCUT2D eigenvalue weighted by atomic mass is 10.3. The molecule has 11 heteroatoms. The van der Waals surface area contributed by atoms with Gasteiger partial charge in [-0.05, 0) is 25.5 Å². The molecule has 2 heterocycles. The molecule has 0 saturated heterocycles. The molecule has 0 amide bonds. The van der Waals surface area contributed by atoms with E-state index in [2.05, 4.69) is 9.36 Å².